The zero-order chi connectivity index (χ0) is 12.3. The van der Waals surface area contributed by atoms with Gasteiger partial charge in [0.05, 0.1) is 0 Å². The second-order valence-corrected chi connectivity index (χ2v) is 6.00. The smallest absolute Gasteiger partial charge is 0.251 e. The van der Waals surface area contributed by atoms with Crippen LogP contribution in [0.3, 0.4) is 0 Å². The van der Waals surface area contributed by atoms with E-state index in [2.05, 4.69) is 21.2 Å². The van der Waals surface area contributed by atoms with Crippen LogP contribution in [-0.4, -0.2) is 16.8 Å². The maximum atomic E-state index is 12.0. The van der Waals surface area contributed by atoms with Crippen molar-refractivity contribution in [3.05, 3.63) is 34.9 Å². The third kappa shape index (κ3) is 3.46. The van der Waals surface area contributed by atoms with Crippen LogP contribution in [-0.2, 0) is 0 Å². The molecule has 2 rings (SSSR count). The average molecular weight is 317 g/mol. The molecule has 0 aliphatic heterocycles. The van der Waals surface area contributed by atoms with Crippen LogP contribution in [0, 0.1) is 0 Å². The Balaban J connectivity index is 2.01. The summed E-state index contributed by atoms with van der Waals surface area (Å²) in [5.41, 5.74) is 0.628. The van der Waals surface area contributed by atoms with Crippen LogP contribution >= 0.6 is 27.5 Å². The monoisotopic (exact) mass is 315 g/mol. The molecule has 1 aliphatic rings. The van der Waals surface area contributed by atoms with Crippen molar-refractivity contribution >= 4 is 33.4 Å². The molecule has 0 radical (unpaired) electrons. The molecule has 0 heterocycles. The van der Waals surface area contributed by atoms with Crippen molar-refractivity contribution in [2.45, 2.75) is 36.6 Å². The van der Waals surface area contributed by atoms with Gasteiger partial charge in [-0.05, 0) is 31.0 Å². The molecule has 1 fully saturated rings. The molecule has 0 saturated heterocycles. The van der Waals surface area contributed by atoms with Crippen molar-refractivity contribution in [1.29, 1.82) is 0 Å². The fourth-order valence-corrected chi connectivity index (χ4v) is 3.04. The van der Waals surface area contributed by atoms with Gasteiger partial charge in [-0.3, -0.25) is 4.79 Å². The van der Waals surface area contributed by atoms with E-state index in [1.807, 2.05) is 0 Å². The van der Waals surface area contributed by atoms with Crippen molar-refractivity contribution < 1.29 is 4.79 Å². The lowest BCUT2D eigenvalue weighted by molar-refractivity contribution is 0.0930. The zero-order valence-electron chi connectivity index (χ0n) is 9.46. The van der Waals surface area contributed by atoms with Gasteiger partial charge in [-0.2, -0.15) is 0 Å². The largest absolute Gasteiger partial charge is 0.348 e. The maximum absolute atomic E-state index is 12.0. The maximum Gasteiger partial charge on any atom is 0.251 e. The summed E-state index contributed by atoms with van der Waals surface area (Å²) < 4.78 is 0. The van der Waals surface area contributed by atoms with E-state index in [-0.39, 0.29) is 11.9 Å². The molecule has 0 aromatic heterocycles. The third-order valence-corrected chi connectivity index (χ3v) is 4.42. The third-order valence-electron chi connectivity index (χ3n) is 3.08. The number of hydrogen-bond donors (Lipinski definition) is 1. The molecule has 1 aliphatic carbocycles. The van der Waals surface area contributed by atoms with Crippen molar-refractivity contribution in [1.82, 2.24) is 5.32 Å². The Morgan fingerprint density at radius 1 is 1.35 bits per heavy atom. The summed E-state index contributed by atoms with van der Waals surface area (Å²) in [6.45, 7) is 0. The van der Waals surface area contributed by atoms with E-state index in [1.54, 1.807) is 24.3 Å². The van der Waals surface area contributed by atoms with Crippen LogP contribution in [0.2, 0.25) is 5.02 Å². The molecular weight excluding hydrogens is 302 g/mol. The highest BCUT2D eigenvalue weighted by atomic mass is 79.9. The zero-order valence-corrected chi connectivity index (χ0v) is 11.8. The average Bonchev–Trinajstić information content (AvgIpc) is 2.32. The summed E-state index contributed by atoms with van der Waals surface area (Å²) in [6, 6.07) is 7.28. The Bertz CT molecular complexity index is 410. The van der Waals surface area contributed by atoms with Crippen molar-refractivity contribution in [3.8, 4) is 0 Å². The molecule has 92 valence electrons. The van der Waals surface area contributed by atoms with Gasteiger partial charge < -0.3 is 5.32 Å². The summed E-state index contributed by atoms with van der Waals surface area (Å²) in [7, 11) is 0. The summed E-state index contributed by atoms with van der Waals surface area (Å²) in [6.07, 6.45) is 4.59. The van der Waals surface area contributed by atoms with Gasteiger partial charge in [-0.25, -0.2) is 0 Å². The predicted octanol–water partition coefficient (Wildman–Crippen LogP) is 3.78. The van der Waals surface area contributed by atoms with Crippen LogP contribution in [0.15, 0.2) is 24.3 Å². The number of carbonyl (C=O) groups is 1. The summed E-state index contributed by atoms with van der Waals surface area (Å²) in [5, 5.41) is 3.66. The first-order valence-electron chi connectivity index (χ1n) is 5.87. The quantitative estimate of drug-likeness (QED) is 0.827. The van der Waals surface area contributed by atoms with E-state index in [1.165, 1.54) is 12.8 Å². The molecule has 1 aromatic rings. The van der Waals surface area contributed by atoms with Gasteiger partial charge in [0.25, 0.3) is 5.91 Å². The number of hydrogen-bond acceptors (Lipinski definition) is 1. The predicted molar refractivity (Wildman–Crippen MR) is 73.9 cm³/mol. The van der Waals surface area contributed by atoms with Crippen molar-refractivity contribution in [2.24, 2.45) is 0 Å². The molecule has 2 atom stereocenters. The molecule has 1 amide bonds. The normalized spacial score (nSPS) is 24.4. The summed E-state index contributed by atoms with van der Waals surface area (Å²) in [5.74, 6) is -0.0381. The Hall–Kier alpha value is -0.540. The Kier molecular flexibility index (Phi) is 4.46. The molecule has 2 unspecified atom stereocenters. The van der Waals surface area contributed by atoms with Crippen LogP contribution in [0.25, 0.3) is 0 Å². The van der Waals surface area contributed by atoms with E-state index in [0.29, 0.717) is 15.4 Å². The number of rotatable bonds is 2. The number of benzene rings is 1. The van der Waals surface area contributed by atoms with Gasteiger partial charge in [-0.1, -0.05) is 46.4 Å². The molecule has 4 heteroatoms. The summed E-state index contributed by atoms with van der Waals surface area (Å²) >= 11 is 9.50. The Morgan fingerprint density at radius 2 is 2.12 bits per heavy atom. The van der Waals surface area contributed by atoms with Crippen LogP contribution in [0.1, 0.15) is 36.0 Å². The molecule has 0 spiro atoms. The molecule has 1 saturated carbocycles. The molecule has 0 bridgehead atoms. The Morgan fingerprint density at radius 3 is 2.82 bits per heavy atom. The minimum absolute atomic E-state index is 0.0381. The van der Waals surface area contributed by atoms with E-state index in [0.717, 1.165) is 12.8 Å². The highest BCUT2D eigenvalue weighted by Gasteiger charge is 2.24. The molecule has 17 heavy (non-hydrogen) atoms. The minimum atomic E-state index is -0.0381. The lowest BCUT2D eigenvalue weighted by Gasteiger charge is -2.28. The van der Waals surface area contributed by atoms with Crippen molar-refractivity contribution in [3.63, 3.8) is 0 Å². The number of alkyl halides is 1. The van der Waals surface area contributed by atoms with Crippen LogP contribution in [0.5, 0.6) is 0 Å². The molecular formula is C13H15BrClNO. The highest BCUT2D eigenvalue weighted by molar-refractivity contribution is 9.09. The van der Waals surface area contributed by atoms with Gasteiger partial charge in [0.15, 0.2) is 0 Å². The summed E-state index contributed by atoms with van der Waals surface area (Å²) in [4.78, 5) is 12.4. The van der Waals surface area contributed by atoms with Gasteiger partial charge in [-0.15, -0.1) is 0 Å². The second-order valence-electron chi connectivity index (χ2n) is 4.39. The lowest BCUT2D eigenvalue weighted by Crippen LogP contribution is -2.42. The lowest BCUT2D eigenvalue weighted by atomic mass is 9.95. The number of carbonyl (C=O) groups excluding carboxylic acids is 1. The first-order valence-corrected chi connectivity index (χ1v) is 7.16. The van der Waals surface area contributed by atoms with Gasteiger partial charge in [0.1, 0.15) is 0 Å². The van der Waals surface area contributed by atoms with Gasteiger partial charge >= 0.3 is 0 Å². The molecule has 1 N–H and O–H groups in total. The molecule has 2 nitrogen and oxygen atoms in total. The number of nitrogens with one attached hydrogen (secondary N) is 1. The van der Waals surface area contributed by atoms with E-state index in [9.17, 15) is 4.79 Å². The van der Waals surface area contributed by atoms with E-state index in [4.69, 9.17) is 11.6 Å². The Labute approximate surface area is 115 Å². The fraction of sp³-hybridized carbons (Fsp3) is 0.462. The van der Waals surface area contributed by atoms with Gasteiger partial charge in [0, 0.05) is 21.5 Å². The number of amides is 1. The molecule has 1 aromatic carbocycles. The van der Waals surface area contributed by atoms with Gasteiger partial charge in [0.2, 0.25) is 0 Å². The highest BCUT2D eigenvalue weighted by Crippen LogP contribution is 2.24. The van der Waals surface area contributed by atoms with E-state index >= 15 is 0 Å². The standard InChI is InChI=1S/C13H15BrClNO/c14-11-6-1-2-7-12(11)16-13(17)9-4-3-5-10(15)8-9/h3-5,8,11-12H,1-2,6-7H2,(H,16,17). The van der Waals surface area contributed by atoms with Crippen LogP contribution < -0.4 is 5.32 Å². The first kappa shape index (κ1) is 12.9. The minimum Gasteiger partial charge on any atom is -0.348 e. The SMILES string of the molecule is O=C(NC1CCCCC1Br)c1cccc(Cl)c1. The van der Waals surface area contributed by atoms with Crippen LogP contribution in [0.4, 0.5) is 0 Å². The fourth-order valence-electron chi connectivity index (χ4n) is 2.13. The topological polar surface area (TPSA) is 29.1 Å². The first-order chi connectivity index (χ1) is 8.16. The second kappa shape index (κ2) is 5.87. The van der Waals surface area contributed by atoms with E-state index < -0.39 is 0 Å². The number of halogens is 2. The van der Waals surface area contributed by atoms with Crippen molar-refractivity contribution in [2.75, 3.05) is 0 Å².